The van der Waals surface area contributed by atoms with Gasteiger partial charge in [-0.05, 0) is 36.2 Å². The Labute approximate surface area is 123 Å². The lowest BCUT2D eigenvalue weighted by Gasteiger charge is -2.17. The minimum Gasteiger partial charge on any atom is -0.497 e. The van der Waals surface area contributed by atoms with Gasteiger partial charge in [0.25, 0.3) is 0 Å². The highest BCUT2D eigenvalue weighted by Gasteiger charge is 2.20. The molecular weight excluding hydrogens is 268 g/mol. The van der Waals surface area contributed by atoms with Gasteiger partial charge in [0.15, 0.2) is 6.10 Å². The number of para-hydroxylation sites is 1. The summed E-state index contributed by atoms with van der Waals surface area (Å²) in [5, 5.41) is 9.34. The standard InChI is InChI=1S/C17H18O4/c1-12-5-3-4-6-15(12)21-16(17(18)19)11-13-7-9-14(20-2)10-8-13/h3-10,16H,11H2,1-2H3,(H,18,19)/t16-/m1/s1. The van der Waals surface area contributed by atoms with E-state index in [1.54, 1.807) is 13.2 Å². The average Bonchev–Trinajstić information content (AvgIpc) is 2.49. The fourth-order valence-corrected chi connectivity index (χ4v) is 2.00. The van der Waals surface area contributed by atoms with Crippen molar-refractivity contribution in [2.75, 3.05) is 7.11 Å². The Morgan fingerprint density at radius 3 is 2.38 bits per heavy atom. The molecule has 0 aliphatic rings. The molecule has 0 aliphatic carbocycles. The first kappa shape index (κ1) is 14.9. The number of hydrogen-bond donors (Lipinski definition) is 1. The van der Waals surface area contributed by atoms with E-state index >= 15 is 0 Å². The molecule has 110 valence electrons. The Hall–Kier alpha value is -2.49. The van der Waals surface area contributed by atoms with Crippen molar-refractivity contribution in [1.29, 1.82) is 0 Å². The minimum atomic E-state index is -0.978. The van der Waals surface area contributed by atoms with Gasteiger partial charge in [-0.25, -0.2) is 4.79 Å². The van der Waals surface area contributed by atoms with Crippen molar-refractivity contribution >= 4 is 5.97 Å². The summed E-state index contributed by atoms with van der Waals surface area (Å²) < 4.78 is 10.7. The van der Waals surface area contributed by atoms with Gasteiger partial charge in [0, 0.05) is 6.42 Å². The molecule has 0 amide bonds. The van der Waals surface area contributed by atoms with Crippen LogP contribution in [-0.4, -0.2) is 24.3 Å². The first-order valence-electron chi connectivity index (χ1n) is 6.68. The van der Waals surface area contributed by atoms with Gasteiger partial charge < -0.3 is 14.6 Å². The highest BCUT2D eigenvalue weighted by molar-refractivity contribution is 5.73. The van der Waals surface area contributed by atoms with Gasteiger partial charge >= 0.3 is 5.97 Å². The quantitative estimate of drug-likeness (QED) is 0.886. The summed E-state index contributed by atoms with van der Waals surface area (Å²) in [7, 11) is 1.59. The van der Waals surface area contributed by atoms with Crippen LogP contribution in [0.5, 0.6) is 11.5 Å². The molecule has 0 saturated heterocycles. The van der Waals surface area contributed by atoms with Crippen LogP contribution in [0.4, 0.5) is 0 Å². The third kappa shape index (κ3) is 3.99. The van der Waals surface area contributed by atoms with Crippen molar-refractivity contribution in [1.82, 2.24) is 0 Å². The molecule has 2 rings (SSSR count). The molecule has 2 aromatic rings. The monoisotopic (exact) mass is 286 g/mol. The van der Waals surface area contributed by atoms with E-state index in [0.717, 1.165) is 16.9 Å². The number of benzene rings is 2. The van der Waals surface area contributed by atoms with E-state index in [-0.39, 0.29) is 0 Å². The summed E-state index contributed by atoms with van der Waals surface area (Å²) in [6, 6.07) is 14.7. The number of methoxy groups -OCH3 is 1. The van der Waals surface area contributed by atoms with E-state index in [1.165, 1.54) is 0 Å². The van der Waals surface area contributed by atoms with E-state index in [9.17, 15) is 9.90 Å². The lowest BCUT2D eigenvalue weighted by molar-refractivity contribution is -0.145. The lowest BCUT2D eigenvalue weighted by atomic mass is 10.1. The number of carboxylic acid groups (broad SMARTS) is 1. The number of aliphatic carboxylic acids is 1. The van der Waals surface area contributed by atoms with Crippen LogP contribution in [0.1, 0.15) is 11.1 Å². The van der Waals surface area contributed by atoms with Crippen molar-refractivity contribution in [2.24, 2.45) is 0 Å². The molecule has 0 radical (unpaired) electrons. The Kier molecular flexibility index (Phi) is 4.82. The highest BCUT2D eigenvalue weighted by atomic mass is 16.5. The molecule has 0 bridgehead atoms. The number of ether oxygens (including phenoxy) is 2. The number of rotatable bonds is 6. The van der Waals surface area contributed by atoms with Crippen LogP contribution in [0.3, 0.4) is 0 Å². The zero-order valence-electron chi connectivity index (χ0n) is 12.1. The maximum atomic E-state index is 11.4. The van der Waals surface area contributed by atoms with Crippen LogP contribution >= 0.6 is 0 Å². The molecule has 0 saturated carbocycles. The second kappa shape index (κ2) is 6.79. The summed E-state index contributed by atoms with van der Waals surface area (Å²) >= 11 is 0. The molecule has 0 spiro atoms. The topological polar surface area (TPSA) is 55.8 Å². The largest absolute Gasteiger partial charge is 0.497 e. The Bertz CT molecular complexity index is 604. The summed E-state index contributed by atoms with van der Waals surface area (Å²) in [5.41, 5.74) is 1.80. The van der Waals surface area contributed by atoms with Gasteiger partial charge in [-0.15, -0.1) is 0 Å². The van der Waals surface area contributed by atoms with Gasteiger partial charge in [-0.3, -0.25) is 0 Å². The number of carboxylic acids is 1. The maximum absolute atomic E-state index is 11.4. The van der Waals surface area contributed by atoms with Gasteiger partial charge in [-0.1, -0.05) is 30.3 Å². The number of carbonyl (C=O) groups is 1. The van der Waals surface area contributed by atoms with Gasteiger partial charge in [0.2, 0.25) is 0 Å². The second-order valence-corrected chi connectivity index (χ2v) is 4.76. The predicted molar refractivity (Wildman–Crippen MR) is 79.9 cm³/mol. The van der Waals surface area contributed by atoms with E-state index in [1.807, 2.05) is 49.4 Å². The molecule has 0 aliphatic heterocycles. The van der Waals surface area contributed by atoms with Crippen LogP contribution in [0.25, 0.3) is 0 Å². The zero-order chi connectivity index (χ0) is 15.2. The highest BCUT2D eigenvalue weighted by Crippen LogP contribution is 2.20. The van der Waals surface area contributed by atoms with Crippen LogP contribution < -0.4 is 9.47 Å². The molecule has 1 N–H and O–H groups in total. The molecule has 21 heavy (non-hydrogen) atoms. The SMILES string of the molecule is COc1ccc(C[C@@H](Oc2ccccc2C)C(=O)O)cc1. The van der Waals surface area contributed by atoms with Crippen molar-refractivity contribution in [2.45, 2.75) is 19.4 Å². The molecule has 4 heteroatoms. The molecule has 2 aromatic carbocycles. The first-order valence-corrected chi connectivity index (χ1v) is 6.68. The van der Waals surface area contributed by atoms with Crippen LogP contribution in [0, 0.1) is 6.92 Å². The fraction of sp³-hybridized carbons (Fsp3) is 0.235. The first-order chi connectivity index (χ1) is 10.1. The molecule has 4 nitrogen and oxygen atoms in total. The minimum absolute atomic E-state index is 0.299. The van der Waals surface area contributed by atoms with Crippen molar-refractivity contribution in [3.63, 3.8) is 0 Å². The van der Waals surface area contributed by atoms with Crippen molar-refractivity contribution in [3.8, 4) is 11.5 Å². The fourth-order valence-electron chi connectivity index (χ4n) is 2.00. The van der Waals surface area contributed by atoms with E-state index < -0.39 is 12.1 Å². The maximum Gasteiger partial charge on any atom is 0.345 e. The molecule has 0 aromatic heterocycles. The normalized spacial score (nSPS) is 11.7. The second-order valence-electron chi connectivity index (χ2n) is 4.76. The third-order valence-electron chi connectivity index (χ3n) is 3.22. The molecule has 0 heterocycles. The number of aryl methyl sites for hydroxylation is 1. The average molecular weight is 286 g/mol. The van der Waals surface area contributed by atoms with Crippen LogP contribution in [0.2, 0.25) is 0 Å². The summed E-state index contributed by atoms with van der Waals surface area (Å²) in [4.78, 5) is 11.4. The Morgan fingerprint density at radius 2 is 1.81 bits per heavy atom. The van der Waals surface area contributed by atoms with Gasteiger partial charge in [0.05, 0.1) is 7.11 Å². The molecule has 0 unspecified atom stereocenters. The van der Waals surface area contributed by atoms with Crippen LogP contribution in [0.15, 0.2) is 48.5 Å². The third-order valence-corrected chi connectivity index (χ3v) is 3.22. The Morgan fingerprint density at radius 1 is 1.14 bits per heavy atom. The Balaban J connectivity index is 2.12. The molecule has 1 atom stereocenters. The van der Waals surface area contributed by atoms with Gasteiger partial charge in [0.1, 0.15) is 11.5 Å². The van der Waals surface area contributed by atoms with Crippen molar-refractivity contribution < 1.29 is 19.4 Å². The van der Waals surface area contributed by atoms with E-state index in [0.29, 0.717) is 12.2 Å². The molecule has 0 fully saturated rings. The zero-order valence-corrected chi connectivity index (χ0v) is 12.1. The van der Waals surface area contributed by atoms with E-state index in [2.05, 4.69) is 0 Å². The smallest absolute Gasteiger partial charge is 0.345 e. The summed E-state index contributed by atoms with van der Waals surface area (Å²) in [5.74, 6) is 0.359. The molecular formula is C17H18O4. The predicted octanol–water partition coefficient (Wildman–Crippen LogP) is 3.08. The summed E-state index contributed by atoms with van der Waals surface area (Å²) in [6.45, 7) is 1.89. The van der Waals surface area contributed by atoms with Crippen molar-refractivity contribution in [3.05, 3.63) is 59.7 Å². The summed E-state index contributed by atoms with van der Waals surface area (Å²) in [6.07, 6.45) is -0.618. The van der Waals surface area contributed by atoms with Gasteiger partial charge in [-0.2, -0.15) is 0 Å². The van der Waals surface area contributed by atoms with Crippen LogP contribution in [-0.2, 0) is 11.2 Å². The number of hydrogen-bond acceptors (Lipinski definition) is 3. The lowest BCUT2D eigenvalue weighted by Crippen LogP contribution is -2.29. The van der Waals surface area contributed by atoms with E-state index in [4.69, 9.17) is 9.47 Å².